The molecule has 1 amide bonds. The van der Waals surface area contributed by atoms with Crippen molar-refractivity contribution in [1.82, 2.24) is 14.9 Å². The second-order valence-corrected chi connectivity index (χ2v) is 6.56. The molecule has 3 rings (SSSR count). The third kappa shape index (κ3) is 2.75. The maximum Gasteiger partial charge on any atom is 0.326 e. The number of hydrogen-bond acceptors (Lipinski definition) is 5. The Morgan fingerprint density at radius 1 is 1.27 bits per heavy atom. The third-order valence-corrected chi connectivity index (χ3v) is 4.78. The van der Waals surface area contributed by atoms with Gasteiger partial charge in [0.15, 0.2) is 0 Å². The van der Waals surface area contributed by atoms with E-state index in [0.29, 0.717) is 6.42 Å². The first-order chi connectivity index (χ1) is 10.5. The predicted octanol–water partition coefficient (Wildman–Crippen LogP) is 0.0815. The van der Waals surface area contributed by atoms with E-state index in [9.17, 15) is 18.3 Å². The Balaban J connectivity index is 1.79. The first-order valence-electron chi connectivity index (χ1n) is 6.58. The van der Waals surface area contributed by atoms with Crippen LogP contribution in [0.5, 0.6) is 5.75 Å². The first-order valence-corrected chi connectivity index (χ1v) is 8.02. The summed E-state index contributed by atoms with van der Waals surface area (Å²) in [5.41, 5.74) is 1.99. The number of phenolic OH excluding ortho intramolecular Hbond substituents is 1. The molecule has 2 aromatic rings. The number of aryl methyl sites for hydroxylation is 2. The van der Waals surface area contributed by atoms with Gasteiger partial charge in [-0.05, 0) is 36.1 Å². The summed E-state index contributed by atoms with van der Waals surface area (Å²) in [6.07, 6.45) is 4.94. The lowest BCUT2D eigenvalue weighted by Gasteiger charge is -2.16. The number of hydrogen-bond donors (Lipinski definition) is 3. The van der Waals surface area contributed by atoms with Crippen LogP contribution in [0.2, 0.25) is 0 Å². The van der Waals surface area contributed by atoms with Gasteiger partial charge in [0.1, 0.15) is 12.3 Å². The molecule has 0 unspecified atom stereocenters. The lowest BCUT2D eigenvalue weighted by Crippen LogP contribution is -2.29. The smallest absolute Gasteiger partial charge is 0.326 e. The van der Waals surface area contributed by atoms with E-state index in [0.717, 1.165) is 21.9 Å². The molecule has 1 aromatic heterocycles. The number of rotatable bonds is 4. The topological polar surface area (TPSA) is 115 Å². The molecule has 0 aliphatic carbocycles. The minimum absolute atomic E-state index is 0.0883. The number of H-pyrrole nitrogens is 1. The second-order valence-electron chi connectivity index (χ2n) is 4.97. The Kier molecular flexibility index (Phi) is 3.49. The Morgan fingerprint density at radius 2 is 2.05 bits per heavy atom. The molecule has 0 bridgehead atoms. The standard InChI is InChI=1S/C13H14N4O4S/c18-12-5-9(1-2-10-6-14-15-7-10)3-4-11(12)17-8-13(19)16-22(17,20)21/h3-7,18H,1-2,8H2,(H,14,15)(H,16,19). The van der Waals surface area contributed by atoms with E-state index in [1.54, 1.807) is 18.5 Å². The summed E-state index contributed by atoms with van der Waals surface area (Å²) >= 11 is 0. The van der Waals surface area contributed by atoms with Crippen molar-refractivity contribution in [3.05, 3.63) is 41.7 Å². The van der Waals surface area contributed by atoms with Crippen LogP contribution in [0.3, 0.4) is 0 Å². The average molecular weight is 322 g/mol. The molecule has 1 saturated heterocycles. The summed E-state index contributed by atoms with van der Waals surface area (Å²) in [6.45, 7) is -0.329. The van der Waals surface area contributed by atoms with Gasteiger partial charge in [0, 0.05) is 6.20 Å². The van der Waals surface area contributed by atoms with Crippen LogP contribution in [0, 0.1) is 0 Å². The van der Waals surface area contributed by atoms with Crippen molar-refractivity contribution in [3.63, 3.8) is 0 Å². The van der Waals surface area contributed by atoms with Gasteiger partial charge in [0.25, 0.3) is 5.91 Å². The van der Waals surface area contributed by atoms with Crippen molar-refractivity contribution in [2.24, 2.45) is 0 Å². The fraction of sp³-hybridized carbons (Fsp3) is 0.231. The highest BCUT2D eigenvalue weighted by atomic mass is 32.2. The maximum absolute atomic E-state index is 11.8. The van der Waals surface area contributed by atoms with Crippen LogP contribution in [0.1, 0.15) is 11.1 Å². The number of carbonyl (C=O) groups excluding carboxylic acids is 1. The normalized spacial score (nSPS) is 16.7. The second kappa shape index (κ2) is 5.34. The van der Waals surface area contributed by atoms with Crippen LogP contribution in [-0.2, 0) is 27.8 Å². The van der Waals surface area contributed by atoms with Crippen molar-refractivity contribution in [3.8, 4) is 5.75 Å². The van der Waals surface area contributed by atoms with Crippen LogP contribution in [0.25, 0.3) is 0 Å². The SMILES string of the molecule is O=C1CN(c2ccc(CCc3cn[nH]c3)cc2O)S(=O)(=O)N1. The Labute approximate surface area is 127 Å². The van der Waals surface area contributed by atoms with E-state index in [4.69, 9.17) is 0 Å². The third-order valence-electron chi connectivity index (χ3n) is 3.39. The molecule has 0 saturated carbocycles. The zero-order chi connectivity index (χ0) is 15.7. The molecule has 8 nitrogen and oxygen atoms in total. The molecule has 9 heteroatoms. The van der Waals surface area contributed by atoms with Crippen LogP contribution >= 0.6 is 0 Å². The number of aromatic amines is 1. The van der Waals surface area contributed by atoms with Crippen LogP contribution in [0.4, 0.5) is 5.69 Å². The molecule has 1 fully saturated rings. The van der Waals surface area contributed by atoms with Crippen LogP contribution in [0.15, 0.2) is 30.6 Å². The first kappa shape index (κ1) is 14.4. The van der Waals surface area contributed by atoms with Crippen molar-refractivity contribution < 1.29 is 18.3 Å². The molecule has 3 N–H and O–H groups in total. The maximum atomic E-state index is 11.8. The zero-order valence-electron chi connectivity index (χ0n) is 11.5. The minimum Gasteiger partial charge on any atom is -0.506 e. The van der Waals surface area contributed by atoms with E-state index >= 15 is 0 Å². The zero-order valence-corrected chi connectivity index (χ0v) is 12.3. The molecule has 2 heterocycles. The largest absolute Gasteiger partial charge is 0.506 e. The average Bonchev–Trinajstić information content (AvgIpc) is 3.04. The number of aromatic nitrogens is 2. The van der Waals surface area contributed by atoms with Crippen LogP contribution < -0.4 is 9.03 Å². The quantitative estimate of drug-likeness (QED) is 0.737. The molecular weight excluding hydrogens is 308 g/mol. The van der Waals surface area contributed by atoms with E-state index in [1.165, 1.54) is 12.1 Å². The molecule has 0 atom stereocenters. The van der Waals surface area contributed by atoms with Gasteiger partial charge in [-0.1, -0.05) is 6.07 Å². The Hall–Kier alpha value is -2.55. The number of amides is 1. The van der Waals surface area contributed by atoms with Gasteiger partial charge in [-0.15, -0.1) is 0 Å². The number of aromatic hydroxyl groups is 1. The summed E-state index contributed by atoms with van der Waals surface area (Å²) in [7, 11) is -3.91. The fourth-order valence-electron chi connectivity index (χ4n) is 2.30. The number of anilines is 1. The number of nitrogens with one attached hydrogen (secondary N) is 2. The Bertz CT molecular complexity index is 801. The van der Waals surface area contributed by atoms with Gasteiger partial charge >= 0.3 is 10.2 Å². The van der Waals surface area contributed by atoms with E-state index in [-0.39, 0.29) is 18.0 Å². The van der Waals surface area contributed by atoms with Crippen molar-refractivity contribution in [1.29, 1.82) is 0 Å². The molecule has 1 aliphatic rings. The van der Waals surface area contributed by atoms with Gasteiger partial charge in [-0.2, -0.15) is 13.5 Å². The Morgan fingerprint density at radius 3 is 2.64 bits per heavy atom. The highest BCUT2D eigenvalue weighted by molar-refractivity contribution is 7.92. The lowest BCUT2D eigenvalue weighted by molar-refractivity contribution is -0.117. The predicted molar refractivity (Wildman–Crippen MR) is 78.5 cm³/mol. The molecule has 0 spiro atoms. The van der Waals surface area contributed by atoms with Crippen molar-refractivity contribution in [2.75, 3.05) is 10.8 Å². The van der Waals surface area contributed by atoms with E-state index in [2.05, 4.69) is 10.2 Å². The number of nitrogens with zero attached hydrogens (tertiary/aromatic N) is 2. The van der Waals surface area contributed by atoms with Gasteiger partial charge < -0.3 is 5.11 Å². The summed E-state index contributed by atoms with van der Waals surface area (Å²) < 4.78 is 26.2. The van der Waals surface area contributed by atoms with E-state index in [1.807, 2.05) is 4.72 Å². The summed E-state index contributed by atoms with van der Waals surface area (Å²) in [4.78, 5) is 11.2. The van der Waals surface area contributed by atoms with Gasteiger partial charge in [0.2, 0.25) is 0 Å². The highest BCUT2D eigenvalue weighted by Crippen LogP contribution is 2.31. The lowest BCUT2D eigenvalue weighted by atomic mass is 10.1. The molecule has 0 radical (unpaired) electrons. The number of benzene rings is 1. The number of carbonyl (C=O) groups is 1. The fourth-order valence-corrected chi connectivity index (χ4v) is 3.46. The number of phenols is 1. The monoisotopic (exact) mass is 322 g/mol. The van der Waals surface area contributed by atoms with Gasteiger partial charge in [-0.25, -0.2) is 9.03 Å². The molecule has 1 aromatic carbocycles. The van der Waals surface area contributed by atoms with Crippen LogP contribution in [-0.4, -0.2) is 36.2 Å². The van der Waals surface area contributed by atoms with Gasteiger partial charge in [-0.3, -0.25) is 9.89 Å². The minimum atomic E-state index is -3.91. The van der Waals surface area contributed by atoms with Crippen molar-refractivity contribution in [2.45, 2.75) is 12.8 Å². The molecule has 22 heavy (non-hydrogen) atoms. The molecule has 116 valence electrons. The van der Waals surface area contributed by atoms with Gasteiger partial charge in [0.05, 0.1) is 11.9 Å². The summed E-state index contributed by atoms with van der Waals surface area (Å²) in [5.74, 6) is -0.798. The van der Waals surface area contributed by atoms with Crippen molar-refractivity contribution >= 4 is 21.8 Å². The highest BCUT2D eigenvalue weighted by Gasteiger charge is 2.35. The summed E-state index contributed by atoms with van der Waals surface area (Å²) in [6, 6.07) is 4.74. The summed E-state index contributed by atoms with van der Waals surface area (Å²) in [5, 5.41) is 16.6. The van der Waals surface area contributed by atoms with E-state index < -0.39 is 16.1 Å². The molecular formula is C13H14N4O4S. The molecule has 1 aliphatic heterocycles.